The van der Waals surface area contributed by atoms with Crippen molar-refractivity contribution >= 4 is 24.6 Å². The van der Waals surface area contributed by atoms with Crippen LogP contribution < -0.4 is 5.32 Å². The summed E-state index contributed by atoms with van der Waals surface area (Å²) in [6.07, 6.45) is 2.43. The second-order valence-electron chi connectivity index (χ2n) is 6.19. The van der Waals surface area contributed by atoms with Crippen LogP contribution >= 0.6 is 7.82 Å². The summed E-state index contributed by atoms with van der Waals surface area (Å²) in [5.74, 6) is 0.138. The van der Waals surface area contributed by atoms with Gasteiger partial charge < -0.3 is 9.26 Å². The topological polar surface area (TPSA) is 100 Å². The molecule has 0 saturated heterocycles. The van der Waals surface area contributed by atoms with Crippen molar-refractivity contribution in [2.45, 2.75) is 64.3 Å². The first kappa shape index (κ1) is 22.6. The van der Waals surface area contributed by atoms with Crippen LogP contribution in [0.5, 0.6) is 0 Å². The van der Waals surface area contributed by atoms with Crippen molar-refractivity contribution in [3.8, 4) is 0 Å². The van der Waals surface area contributed by atoms with Gasteiger partial charge in [0.25, 0.3) is 0 Å². The van der Waals surface area contributed by atoms with Crippen LogP contribution in [-0.4, -0.2) is 53.1 Å². The van der Waals surface area contributed by atoms with E-state index < -0.39 is 35.9 Å². The van der Waals surface area contributed by atoms with Gasteiger partial charge in [-0.3, -0.25) is 23.4 Å². The molecule has 0 amide bonds. The average Bonchev–Trinajstić information content (AvgIpc) is 3.10. The molecule has 2 aliphatic rings. The third-order valence-electron chi connectivity index (χ3n) is 4.51. The van der Waals surface area contributed by atoms with E-state index in [1.807, 2.05) is 0 Å². The number of hydrogen-bond acceptors (Lipinski definition) is 8. The van der Waals surface area contributed by atoms with Crippen molar-refractivity contribution in [1.29, 1.82) is 0 Å². The summed E-state index contributed by atoms with van der Waals surface area (Å²) in [7, 11) is -5.30. The summed E-state index contributed by atoms with van der Waals surface area (Å²) in [6.45, 7) is 7.38. The molecule has 1 aliphatic carbocycles. The van der Waals surface area contributed by atoms with Gasteiger partial charge in [-0.15, -0.1) is 0 Å². The smallest absolute Gasteiger partial charge is 0.465 e. The molecule has 27 heavy (non-hydrogen) atoms. The molecule has 8 nitrogen and oxygen atoms in total. The normalized spacial score (nSPS) is 26.6. The number of carbonyl (C=O) groups is 1. The van der Waals surface area contributed by atoms with Gasteiger partial charge in [-0.2, -0.15) is 0 Å². The molecule has 0 radical (unpaired) electrons. The molecule has 1 heterocycles. The highest BCUT2D eigenvalue weighted by molar-refractivity contribution is 7.85. The Hall–Kier alpha value is -0.730. The lowest BCUT2D eigenvalue weighted by atomic mass is 9.97. The van der Waals surface area contributed by atoms with Crippen molar-refractivity contribution in [3.63, 3.8) is 0 Å². The third kappa shape index (κ3) is 5.21. The molecule has 10 heteroatoms. The number of ether oxygens (including phenoxy) is 1. The zero-order chi connectivity index (χ0) is 20.0. The number of fused-ring (bicyclic) bond motifs is 1. The Morgan fingerprint density at radius 3 is 2.41 bits per heavy atom. The van der Waals surface area contributed by atoms with Crippen molar-refractivity contribution in [3.05, 3.63) is 11.3 Å². The van der Waals surface area contributed by atoms with Gasteiger partial charge in [0.1, 0.15) is 17.1 Å². The molecule has 0 aromatic carbocycles. The Labute approximate surface area is 163 Å². The van der Waals surface area contributed by atoms with Crippen LogP contribution in [0.3, 0.4) is 0 Å². The van der Waals surface area contributed by atoms with Crippen LogP contribution in [0.2, 0.25) is 0 Å². The van der Waals surface area contributed by atoms with E-state index in [0.717, 1.165) is 24.8 Å². The van der Waals surface area contributed by atoms with Crippen molar-refractivity contribution in [2.75, 3.05) is 25.6 Å². The Balaban J connectivity index is 2.47. The fraction of sp³-hybridized carbons (Fsp3) is 0.824. The van der Waals surface area contributed by atoms with Crippen LogP contribution in [0.4, 0.5) is 0 Å². The maximum atomic E-state index is 13.0. The molecule has 156 valence electrons. The predicted octanol–water partition coefficient (Wildman–Crippen LogP) is 2.66. The molecule has 0 aromatic heterocycles. The van der Waals surface area contributed by atoms with E-state index in [0.29, 0.717) is 11.5 Å². The Kier molecular flexibility index (Phi) is 8.49. The van der Waals surface area contributed by atoms with Gasteiger partial charge in [-0.25, -0.2) is 4.57 Å². The molecule has 1 N–H and O–H groups in total. The second kappa shape index (κ2) is 10.2. The molecule has 1 fully saturated rings. The lowest BCUT2D eigenvalue weighted by molar-refractivity contribution is -0.146. The number of hydrogen-bond donors (Lipinski definition) is 1. The summed E-state index contributed by atoms with van der Waals surface area (Å²) < 4.78 is 47.4. The van der Waals surface area contributed by atoms with Crippen molar-refractivity contribution < 1.29 is 31.9 Å². The first-order valence-corrected chi connectivity index (χ1v) is 12.4. The minimum atomic E-state index is -3.87. The van der Waals surface area contributed by atoms with Crippen LogP contribution in [0.1, 0.15) is 47.0 Å². The van der Waals surface area contributed by atoms with E-state index in [2.05, 4.69) is 5.32 Å². The highest BCUT2D eigenvalue weighted by atomic mass is 32.2. The molecule has 2 rings (SSSR count). The van der Waals surface area contributed by atoms with Crippen LogP contribution in [0.15, 0.2) is 11.3 Å². The SMILES string of the molecule is CCOC(=O)C1N[C@H]2CCCC2=C(OP(=O)(OCC)OCC)C1S(=O)CC. The number of carbonyl (C=O) groups excluding carboxylic acids is 1. The number of rotatable bonds is 10. The molecule has 3 unspecified atom stereocenters. The quantitative estimate of drug-likeness (QED) is 0.423. The van der Waals surface area contributed by atoms with Gasteiger partial charge >= 0.3 is 13.8 Å². The van der Waals surface area contributed by atoms with Crippen molar-refractivity contribution in [1.82, 2.24) is 5.32 Å². The van der Waals surface area contributed by atoms with E-state index in [9.17, 15) is 13.6 Å². The third-order valence-corrected chi connectivity index (χ3v) is 7.70. The molecule has 0 spiro atoms. The average molecular weight is 423 g/mol. The van der Waals surface area contributed by atoms with Crippen molar-refractivity contribution in [2.24, 2.45) is 0 Å². The summed E-state index contributed by atoms with van der Waals surface area (Å²) in [5.41, 5.74) is 0.891. The molecule has 1 saturated carbocycles. The van der Waals surface area contributed by atoms with Gasteiger partial charge in [0, 0.05) is 22.6 Å². The van der Waals surface area contributed by atoms with Gasteiger partial charge in [0.2, 0.25) is 0 Å². The van der Waals surface area contributed by atoms with Crippen LogP contribution in [-0.2, 0) is 38.5 Å². The maximum absolute atomic E-state index is 13.0. The van der Waals surface area contributed by atoms with E-state index in [-0.39, 0.29) is 25.9 Å². The second-order valence-corrected chi connectivity index (χ2v) is 9.63. The summed E-state index contributed by atoms with van der Waals surface area (Å²) in [5, 5.41) is 2.47. The molecule has 0 aromatic rings. The van der Waals surface area contributed by atoms with Crippen LogP contribution in [0.25, 0.3) is 0 Å². The van der Waals surface area contributed by atoms with Gasteiger partial charge in [-0.1, -0.05) is 6.92 Å². The van der Waals surface area contributed by atoms with Gasteiger partial charge in [0.15, 0.2) is 0 Å². The molecule has 4 atom stereocenters. The Morgan fingerprint density at radius 1 is 1.19 bits per heavy atom. The first-order valence-electron chi connectivity index (χ1n) is 9.52. The largest absolute Gasteiger partial charge is 0.529 e. The zero-order valence-corrected chi connectivity index (χ0v) is 18.1. The minimum absolute atomic E-state index is 0.101. The zero-order valence-electron chi connectivity index (χ0n) is 16.4. The summed E-state index contributed by atoms with van der Waals surface area (Å²) >= 11 is 0. The number of phosphoric acid groups is 1. The fourth-order valence-corrected chi connectivity index (χ4v) is 6.12. The molecular formula is C17H30NO7PS. The van der Waals surface area contributed by atoms with E-state index in [1.54, 1.807) is 27.7 Å². The number of esters is 1. The lowest BCUT2D eigenvalue weighted by Gasteiger charge is -2.37. The standard InChI is InChI=1S/C17H30NO7PS/c1-5-22-17(19)14-16(27(21)8-4)15(12-10-9-11-13(12)18-14)25-26(20,23-6-2)24-7-3/h13-14,16,18H,5-11H2,1-4H3/t13-,14?,16?,27?/m0/s1. The van der Waals surface area contributed by atoms with E-state index in [4.69, 9.17) is 18.3 Å². The van der Waals surface area contributed by atoms with E-state index in [1.165, 1.54) is 0 Å². The molecule has 1 aliphatic heterocycles. The molecule has 0 bridgehead atoms. The summed E-state index contributed by atoms with van der Waals surface area (Å²) in [6, 6.07) is -0.930. The Bertz CT molecular complexity index is 629. The van der Waals surface area contributed by atoms with Gasteiger partial charge in [0.05, 0.1) is 19.8 Å². The van der Waals surface area contributed by atoms with E-state index >= 15 is 0 Å². The fourth-order valence-electron chi connectivity index (χ4n) is 3.47. The predicted molar refractivity (Wildman–Crippen MR) is 103 cm³/mol. The first-order chi connectivity index (χ1) is 12.9. The lowest BCUT2D eigenvalue weighted by Crippen LogP contribution is -2.57. The number of nitrogens with one attached hydrogen (secondary N) is 1. The van der Waals surface area contributed by atoms with Gasteiger partial charge in [-0.05, 0) is 45.6 Å². The van der Waals surface area contributed by atoms with Crippen LogP contribution in [0, 0.1) is 0 Å². The minimum Gasteiger partial charge on any atom is -0.465 e. The highest BCUT2D eigenvalue weighted by Gasteiger charge is 2.48. The number of phosphoric ester groups is 1. The monoisotopic (exact) mass is 423 g/mol. The Morgan fingerprint density at radius 2 is 1.85 bits per heavy atom. The molecular weight excluding hydrogens is 393 g/mol. The highest BCUT2D eigenvalue weighted by Crippen LogP contribution is 2.54. The summed E-state index contributed by atoms with van der Waals surface area (Å²) in [4.78, 5) is 12.6. The maximum Gasteiger partial charge on any atom is 0.529 e.